The Balaban J connectivity index is 1.88. The minimum atomic E-state index is 0.616. The Hall–Kier alpha value is -1.75. The SMILES string of the molecule is CCCOc1ccc(N2CCN3CCC2CC3)cc1N(C)C=O. The molecule has 0 atom stereocenters. The molecule has 3 aliphatic heterocycles. The zero-order chi connectivity index (χ0) is 16.2. The van der Waals surface area contributed by atoms with Gasteiger partial charge in [-0.25, -0.2) is 0 Å². The van der Waals surface area contributed by atoms with Crippen LogP contribution in [0.3, 0.4) is 0 Å². The molecule has 0 radical (unpaired) electrons. The average molecular weight is 317 g/mol. The summed E-state index contributed by atoms with van der Waals surface area (Å²) in [6.45, 7) is 7.36. The van der Waals surface area contributed by atoms with E-state index in [1.54, 1.807) is 11.9 Å². The Kier molecular flexibility index (Phi) is 5.06. The first-order valence-corrected chi connectivity index (χ1v) is 8.67. The molecule has 126 valence electrons. The summed E-state index contributed by atoms with van der Waals surface area (Å²) in [6.07, 6.45) is 4.26. The number of benzene rings is 1. The van der Waals surface area contributed by atoms with Crippen LogP contribution in [-0.4, -0.2) is 57.2 Å². The van der Waals surface area contributed by atoms with Crippen molar-refractivity contribution < 1.29 is 9.53 Å². The first-order valence-electron chi connectivity index (χ1n) is 8.67. The van der Waals surface area contributed by atoms with E-state index in [4.69, 9.17) is 4.74 Å². The summed E-state index contributed by atoms with van der Waals surface area (Å²) >= 11 is 0. The smallest absolute Gasteiger partial charge is 0.213 e. The van der Waals surface area contributed by atoms with Crippen LogP contribution < -0.4 is 14.5 Å². The number of hydrogen-bond acceptors (Lipinski definition) is 4. The molecule has 5 heteroatoms. The summed E-state index contributed by atoms with van der Waals surface area (Å²) in [5.41, 5.74) is 2.05. The first kappa shape index (κ1) is 16.1. The van der Waals surface area contributed by atoms with Gasteiger partial charge in [0.05, 0.1) is 12.3 Å². The van der Waals surface area contributed by atoms with Crippen molar-refractivity contribution in [3.05, 3.63) is 18.2 Å². The fourth-order valence-corrected chi connectivity index (χ4v) is 3.58. The number of carbonyl (C=O) groups excluding carboxylic acids is 1. The van der Waals surface area contributed by atoms with E-state index < -0.39 is 0 Å². The maximum atomic E-state index is 11.3. The summed E-state index contributed by atoms with van der Waals surface area (Å²) in [7, 11) is 1.78. The van der Waals surface area contributed by atoms with Crippen LogP contribution in [0.2, 0.25) is 0 Å². The first-order chi connectivity index (χ1) is 11.2. The van der Waals surface area contributed by atoms with Crippen LogP contribution in [0.4, 0.5) is 11.4 Å². The molecule has 3 saturated heterocycles. The standard InChI is InChI=1S/C18H27N3O2/c1-3-12-23-18-5-4-16(13-17(18)19(2)14-22)21-11-10-20-8-6-15(21)7-9-20/h4-5,13-15H,3,6-12H2,1-2H3. The van der Waals surface area contributed by atoms with Crippen molar-refractivity contribution in [2.45, 2.75) is 32.2 Å². The highest BCUT2D eigenvalue weighted by molar-refractivity contribution is 5.80. The molecule has 0 spiro atoms. The lowest BCUT2D eigenvalue weighted by atomic mass is 10.0. The third-order valence-corrected chi connectivity index (χ3v) is 4.93. The highest BCUT2D eigenvalue weighted by Gasteiger charge is 2.29. The molecule has 3 heterocycles. The van der Waals surface area contributed by atoms with Crippen molar-refractivity contribution in [2.24, 2.45) is 0 Å². The number of fused-ring (bicyclic) bond motifs is 4. The van der Waals surface area contributed by atoms with Crippen molar-refractivity contribution in [1.82, 2.24) is 4.90 Å². The van der Waals surface area contributed by atoms with Gasteiger partial charge in [0.15, 0.2) is 0 Å². The molecule has 1 amide bonds. The van der Waals surface area contributed by atoms with Gasteiger partial charge in [0.25, 0.3) is 0 Å². The van der Waals surface area contributed by atoms with E-state index in [0.717, 1.165) is 37.4 Å². The van der Waals surface area contributed by atoms with Crippen LogP contribution in [0.5, 0.6) is 5.75 Å². The number of piperidine rings is 1. The zero-order valence-corrected chi connectivity index (χ0v) is 14.2. The molecule has 23 heavy (non-hydrogen) atoms. The van der Waals surface area contributed by atoms with Crippen molar-refractivity contribution in [3.8, 4) is 5.75 Å². The molecule has 0 aliphatic carbocycles. The lowest BCUT2D eigenvalue weighted by Gasteiger charge is -2.33. The second kappa shape index (κ2) is 7.21. The molecule has 2 bridgehead atoms. The molecule has 1 aromatic rings. The van der Waals surface area contributed by atoms with Gasteiger partial charge < -0.3 is 19.4 Å². The third-order valence-electron chi connectivity index (χ3n) is 4.93. The Morgan fingerprint density at radius 3 is 2.74 bits per heavy atom. The highest BCUT2D eigenvalue weighted by atomic mass is 16.5. The fourth-order valence-electron chi connectivity index (χ4n) is 3.58. The lowest BCUT2D eigenvalue weighted by Crippen LogP contribution is -2.38. The Bertz CT molecular complexity index is 541. The molecule has 4 rings (SSSR count). The van der Waals surface area contributed by atoms with Crippen LogP contribution in [0.15, 0.2) is 18.2 Å². The number of anilines is 2. The maximum Gasteiger partial charge on any atom is 0.213 e. The minimum Gasteiger partial charge on any atom is -0.491 e. The van der Waals surface area contributed by atoms with E-state index in [2.05, 4.69) is 28.9 Å². The highest BCUT2D eigenvalue weighted by Crippen LogP contribution is 2.34. The molecule has 5 nitrogen and oxygen atoms in total. The average Bonchev–Trinajstić information content (AvgIpc) is 2.93. The molecule has 0 N–H and O–H groups in total. The van der Waals surface area contributed by atoms with Crippen molar-refractivity contribution >= 4 is 17.8 Å². The summed E-state index contributed by atoms with van der Waals surface area (Å²) in [5.74, 6) is 0.785. The van der Waals surface area contributed by atoms with Gasteiger partial charge in [0.2, 0.25) is 6.41 Å². The molecule has 0 aromatic heterocycles. The van der Waals surface area contributed by atoms with Crippen LogP contribution >= 0.6 is 0 Å². The fraction of sp³-hybridized carbons (Fsp3) is 0.611. The van der Waals surface area contributed by atoms with Crippen molar-refractivity contribution in [1.29, 1.82) is 0 Å². The Labute approximate surface area is 138 Å². The zero-order valence-electron chi connectivity index (χ0n) is 14.2. The normalized spacial score (nSPS) is 23.5. The minimum absolute atomic E-state index is 0.616. The van der Waals surface area contributed by atoms with E-state index >= 15 is 0 Å². The van der Waals surface area contributed by atoms with Gasteiger partial charge in [-0.3, -0.25) is 4.79 Å². The molecule has 1 aromatic carbocycles. The third kappa shape index (κ3) is 3.44. The van der Waals surface area contributed by atoms with Gasteiger partial charge in [-0.2, -0.15) is 0 Å². The van der Waals surface area contributed by atoms with Gasteiger partial charge in [-0.15, -0.1) is 0 Å². The molecular weight excluding hydrogens is 290 g/mol. The largest absolute Gasteiger partial charge is 0.491 e. The summed E-state index contributed by atoms with van der Waals surface area (Å²) in [5, 5.41) is 0. The number of rotatable bonds is 6. The second-order valence-corrected chi connectivity index (χ2v) is 6.48. The molecule has 3 fully saturated rings. The van der Waals surface area contributed by atoms with Crippen LogP contribution in [0, 0.1) is 0 Å². The van der Waals surface area contributed by atoms with E-state index in [9.17, 15) is 4.79 Å². The van der Waals surface area contributed by atoms with E-state index in [1.807, 2.05) is 6.07 Å². The predicted octanol–water partition coefficient (Wildman–Crippen LogP) is 2.35. The summed E-state index contributed by atoms with van der Waals surface area (Å²) in [4.78, 5) is 17.9. The van der Waals surface area contributed by atoms with Crippen molar-refractivity contribution in [2.75, 3.05) is 49.6 Å². The predicted molar refractivity (Wildman–Crippen MR) is 93.5 cm³/mol. The van der Waals surface area contributed by atoms with Crippen LogP contribution in [0.25, 0.3) is 0 Å². The molecule has 0 saturated carbocycles. The van der Waals surface area contributed by atoms with Crippen molar-refractivity contribution in [3.63, 3.8) is 0 Å². The lowest BCUT2D eigenvalue weighted by molar-refractivity contribution is -0.107. The van der Waals surface area contributed by atoms with E-state index in [1.165, 1.54) is 31.6 Å². The van der Waals surface area contributed by atoms with Gasteiger partial charge >= 0.3 is 0 Å². The number of carbonyl (C=O) groups is 1. The van der Waals surface area contributed by atoms with Crippen LogP contribution in [0.1, 0.15) is 26.2 Å². The van der Waals surface area contributed by atoms with Gasteiger partial charge in [0.1, 0.15) is 5.75 Å². The van der Waals surface area contributed by atoms with Gasteiger partial charge in [-0.05, 0) is 37.5 Å². The second-order valence-electron chi connectivity index (χ2n) is 6.48. The van der Waals surface area contributed by atoms with Gasteiger partial charge in [-0.1, -0.05) is 6.92 Å². The molecular formula is C18H27N3O2. The monoisotopic (exact) mass is 317 g/mol. The summed E-state index contributed by atoms with van der Waals surface area (Å²) < 4.78 is 5.81. The van der Waals surface area contributed by atoms with E-state index in [-0.39, 0.29) is 0 Å². The maximum absolute atomic E-state index is 11.3. The Morgan fingerprint density at radius 2 is 2.04 bits per heavy atom. The molecule has 0 unspecified atom stereocenters. The number of nitrogens with zero attached hydrogens (tertiary/aromatic N) is 3. The quantitative estimate of drug-likeness (QED) is 0.755. The topological polar surface area (TPSA) is 36.0 Å². The van der Waals surface area contributed by atoms with Gasteiger partial charge in [0, 0.05) is 45.0 Å². The van der Waals surface area contributed by atoms with Crippen LogP contribution in [-0.2, 0) is 4.79 Å². The number of amides is 1. The Morgan fingerprint density at radius 1 is 1.26 bits per heavy atom. The van der Waals surface area contributed by atoms with E-state index in [0.29, 0.717) is 12.6 Å². The summed E-state index contributed by atoms with van der Waals surface area (Å²) in [6, 6.07) is 6.87. The molecule has 3 aliphatic rings. The number of hydrogen-bond donors (Lipinski definition) is 0. The number of ether oxygens (including phenoxy) is 1.